The van der Waals surface area contributed by atoms with Crippen LogP contribution in [0.1, 0.15) is 17.0 Å². The van der Waals surface area contributed by atoms with Crippen molar-refractivity contribution in [1.29, 1.82) is 0 Å². The van der Waals surface area contributed by atoms with E-state index >= 15 is 0 Å². The SMILES string of the molecule is Cc1nn(-c2nc(-c3ccc(F)cc3)cs2)c(C)c1CC(=O)Nc1ccc(Cl)cc1. The average Bonchev–Trinajstić information content (AvgIpc) is 3.31. The van der Waals surface area contributed by atoms with Crippen molar-refractivity contribution in [3.63, 3.8) is 0 Å². The lowest BCUT2D eigenvalue weighted by Gasteiger charge is -2.06. The molecule has 0 saturated heterocycles. The van der Waals surface area contributed by atoms with Crippen molar-refractivity contribution in [2.45, 2.75) is 20.3 Å². The van der Waals surface area contributed by atoms with Gasteiger partial charge in [0.25, 0.3) is 0 Å². The number of aryl methyl sites for hydroxylation is 1. The van der Waals surface area contributed by atoms with Gasteiger partial charge < -0.3 is 5.32 Å². The van der Waals surface area contributed by atoms with E-state index < -0.39 is 0 Å². The molecule has 0 aliphatic rings. The highest BCUT2D eigenvalue weighted by Gasteiger charge is 2.18. The van der Waals surface area contributed by atoms with Gasteiger partial charge in [-0.1, -0.05) is 11.6 Å². The molecule has 0 aliphatic carbocycles. The second-order valence-electron chi connectivity index (χ2n) is 6.82. The Labute approximate surface area is 182 Å². The minimum Gasteiger partial charge on any atom is -0.326 e. The van der Waals surface area contributed by atoms with Crippen LogP contribution in [0.5, 0.6) is 0 Å². The molecule has 0 aliphatic heterocycles. The molecule has 8 heteroatoms. The van der Waals surface area contributed by atoms with Crippen LogP contribution in [-0.4, -0.2) is 20.7 Å². The zero-order valence-corrected chi connectivity index (χ0v) is 17.9. The molecule has 5 nitrogen and oxygen atoms in total. The lowest BCUT2D eigenvalue weighted by atomic mass is 10.1. The number of nitrogens with zero attached hydrogens (tertiary/aromatic N) is 3. The lowest BCUT2D eigenvalue weighted by molar-refractivity contribution is -0.115. The summed E-state index contributed by atoms with van der Waals surface area (Å²) in [7, 11) is 0. The standard InChI is InChI=1S/C22H18ClFN4OS/c1-13-19(11-21(29)25-18-9-5-16(23)6-10-18)14(2)28(27-13)22-26-20(12-30-22)15-3-7-17(24)8-4-15/h3-10,12H,11H2,1-2H3,(H,25,29). The van der Waals surface area contributed by atoms with Crippen LogP contribution in [0.4, 0.5) is 10.1 Å². The van der Waals surface area contributed by atoms with Crippen LogP contribution >= 0.6 is 22.9 Å². The summed E-state index contributed by atoms with van der Waals surface area (Å²) in [6, 6.07) is 13.2. The number of nitrogens with one attached hydrogen (secondary N) is 1. The highest BCUT2D eigenvalue weighted by atomic mass is 35.5. The molecule has 0 bridgehead atoms. The van der Waals surface area contributed by atoms with Gasteiger partial charge in [-0.25, -0.2) is 14.1 Å². The van der Waals surface area contributed by atoms with Gasteiger partial charge in [-0.2, -0.15) is 5.10 Å². The Morgan fingerprint density at radius 1 is 1.13 bits per heavy atom. The maximum Gasteiger partial charge on any atom is 0.228 e. The van der Waals surface area contributed by atoms with Gasteiger partial charge in [0.05, 0.1) is 17.8 Å². The van der Waals surface area contributed by atoms with Crippen molar-refractivity contribution in [3.8, 4) is 16.4 Å². The van der Waals surface area contributed by atoms with E-state index in [4.69, 9.17) is 11.6 Å². The maximum absolute atomic E-state index is 13.2. The number of thiazole rings is 1. The molecular weight excluding hydrogens is 423 g/mol. The number of hydrogen-bond donors (Lipinski definition) is 1. The van der Waals surface area contributed by atoms with Gasteiger partial charge in [0.1, 0.15) is 5.82 Å². The highest BCUT2D eigenvalue weighted by molar-refractivity contribution is 7.12. The number of rotatable bonds is 5. The van der Waals surface area contributed by atoms with Crippen molar-refractivity contribution >= 4 is 34.5 Å². The molecule has 2 aromatic heterocycles. The second kappa shape index (κ2) is 8.38. The van der Waals surface area contributed by atoms with Gasteiger partial charge in [-0.3, -0.25) is 4.79 Å². The van der Waals surface area contributed by atoms with Crippen LogP contribution < -0.4 is 5.32 Å². The Morgan fingerprint density at radius 2 is 1.83 bits per heavy atom. The van der Waals surface area contributed by atoms with Gasteiger partial charge >= 0.3 is 0 Å². The third kappa shape index (κ3) is 4.27. The maximum atomic E-state index is 13.2. The van der Waals surface area contributed by atoms with Gasteiger partial charge in [0.15, 0.2) is 0 Å². The summed E-state index contributed by atoms with van der Waals surface area (Å²) in [5, 5.41) is 10.7. The number of carbonyl (C=O) groups excluding carboxylic acids is 1. The molecule has 152 valence electrons. The van der Waals surface area contributed by atoms with Gasteiger partial charge in [0, 0.05) is 32.9 Å². The van der Waals surface area contributed by atoms with E-state index in [1.807, 2.05) is 19.2 Å². The summed E-state index contributed by atoms with van der Waals surface area (Å²) in [6.45, 7) is 3.80. The number of amides is 1. The first-order chi connectivity index (χ1) is 14.4. The molecule has 0 radical (unpaired) electrons. The summed E-state index contributed by atoms with van der Waals surface area (Å²) < 4.78 is 14.9. The van der Waals surface area contributed by atoms with Gasteiger partial charge in [-0.15, -0.1) is 11.3 Å². The van der Waals surface area contributed by atoms with E-state index in [2.05, 4.69) is 15.4 Å². The van der Waals surface area contributed by atoms with Crippen LogP contribution in [-0.2, 0) is 11.2 Å². The number of carbonyl (C=O) groups is 1. The quantitative estimate of drug-likeness (QED) is 0.440. The zero-order chi connectivity index (χ0) is 21.3. The molecule has 4 aromatic rings. The van der Waals surface area contributed by atoms with Crippen molar-refractivity contribution in [1.82, 2.24) is 14.8 Å². The molecule has 0 spiro atoms. The van der Waals surface area contributed by atoms with E-state index in [9.17, 15) is 9.18 Å². The summed E-state index contributed by atoms with van der Waals surface area (Å²) in [4.78, 5) is 17.1. The van der Waals surface area contributed by atoms with E-state index in [1.165, 1.54) is 23.5 Å². The molecule has 2 aromatic carbocycles. The number of aromatic nitrogens is 3. The first-order valence-corrected chi connectivity index (χ1v) is 10.5. The number of halogens is 2. The fraction of sp³-hybridized carbons (Fsp3) is 0.136. The third-order valence-corrected chi connectivity index (χ3v) is 5.79. The Morgan fingerprint density at radius 3 is 2.53 bits per heavy atom. The number of hydrogen-bond acceptors (Lipinski definition) is 4. The third-order valence-electron chi connectivity index (χ3n) is 4.72. The van der Waals surface area contributed by atoms with Gasteiger partial charge in [-0.05, 0) is 62.4 Å². The monoisotopic (exact) mass is 440 g/mol. The van der Waals surface area contributed by atoms with E-state index in [1.54, 1.807) is 41.1 Å². The fourth-order valence-electron chi connectivity index (χ4n) is 3.13. The summed E-state index contributed by atoms with van der Waals surface area (Å²) >= 11 is 7.33. The average molecular weight is 441 g/mol. The Hall–Kier alpha value is -3.03. The summed E-state index contributed by atoms with van der Waals surface area (Å²) in [5.74, 6) is -0.413. The zero-order valence-electron chi connectivity index (χ0n) is 16.3. The van der Waals surface area contributed by atoms with Gasteiger partial charge in [0.2, 0.25) is 11.0 Å². The van der Waals surface area contributed by atoms with Crippen LogP contribution in [0.3, 0.4) is 0 Å². The molecule has 1 amide bonds. The van der Waals surface area contributed by atoms with Crippen molar-refractivity contribution in [2.24, 2.45) is 0 Å². The van der Waals surface area contributed by atoms with E-state index in [-0.39, 0.29) is 18.1 Å². The molecule has 1 N–H and O–H groups in total. The topological polar surface area (TPSA) is 59.8 Å². The second-order valence-corrected chi connectivity index (χ2v) is 8.09. The minimum absolute atomic E-state index is 0.130. The van der Waals surface area contributed by atoms with E-state index in [0.717, 1.165) is 28.2 Å². The predicted molar refractivity (Wildman–Crippen MR) is 118 cm³/mol. The first-order valence-electron chi connectivity index (χ1n) is 9.23. The molecule has 0 fully saturated rings. The van der Waals surface area contributed by atoms with Crippen molar-refractivity contribution in [2.75, 3.05) is 5.32 Å². The molecule has 4 rings (SSSR count). The largest absolute Gasteiger partial charge is 0.326 e. The molecule has 0 unspecified atom stereocenters. The van der Waals surface area contributed by atoms with Crippen LogP contribution in [0.25, 0.3) is 16.4 Å². The first kappa shape index (κ1) is 20.3. The van der Waals surface area contributed by atoms with Crippen LogP contribution in [0, 0.1) is 19.7 Å². The minimum atomic E-state index is -0.283. The smallest absolute Gasteiger partial charge is 0.228 e. The van der Waals surface area contributed by atoms with Crippen molar-refractivity contribution in [3.05, 3.63) is 81.7 Å². The lowest BCUT2D eigenvalue weighted by Crippen LogP contribution is -2.15. The number of anilines is 1. The Kier molecular flexibility index (Phi) is 5.65. The van der Waals surface area contributed by atoms with Crippen LogP contribution in [0.15, 0.2) is 53.9 Å². The summed E-state index contributed by atoms with van der Waals surface area (Å²) in [5.41, 5.74) is 4.78. The molecular formula is C22H18ClFN4OS. The Bertz CT molecular complexity index is 1200. The molecule has 0 saturated carbocycles. The predicted octanol–water partition coefficient (Wildman–Crippen LogP) is 5.59. The highest BCUT2D eigenvalue weighted by Crippen LogP contribution is 2.26. The van der Waals surface area contributed by atoms with Crippen molar-refractivity contribution < 1.29 is 9.18 Å². The number of benzene rings is 2. The molecule has 2 heterocycles. The normalized spacial score (nSPS) is 10.9. The summed E-state index contributed by atoms with van der Waals surface area (Å²) in [6.07, 6.45) is 0.205. The molecule has 0 atom stereocenters. The Balaban J connectivity index is 1.54. The molecule has 30 heavy (non-hydrogen) atoms. The fourth-order valence-corrected chi connectivity index (χ4v) is 4.09. The van der Waals surface area contributed by atoms with E-state index in [0.29, 0.717) is 15.8 Å². The van der Waals surface area contributed by atoms with Crippen LogP contribution in [0.2, 0.25) is 5.02 Å².